The van der Waals surface area contributed by atoms with E-state index in [9.17, 15) is 19.5 Å². The molecule has 0 spiro atoms. The molecule has 1 amide bonds. The highest BCUT2D eigenvalue weighted by molar-refractivity contribution is 5.86. The second kappa shape index (κ2) is 13.3. The zero-order chi connectivity index (χ0) is 26.1. The van der Waals surface area contributed by atoms with Crippen molar-refractivity contribution in [1.82, 2.24) is 5.32 Å². The third kappa shape index (κ3) is 8.41. The van der Waals surface area contributed by atoms with E-state index in [4.69, 9.17) is 9.84 Å². The lowest BCUT2D eigenvalue weighted by atomic mass is 9.82. The highest BCUT2D eigenvalue weighted by Gasteiger charge is 2.51. The Morgan fingerprint density at radius 3 is 2.11 bits per heavy atom. The molecule has 3 N–H and O–H groups in total. The van der Waals surface area contributed by atoms with Crippen LogP contribution < -0.4 is 5.32 Å². The molecule has 35 heavy (non-hydrogen) atoms. The number of aromatic hydroxyl groups is 1. The minimum Gasteiger partial charge on any atom is -0.508 e. The molecule has 0 saturated heterocycles. The number of hydrogen-bond acceptors (Lipinski definition) is 5. The minimum atomic E-state index is -0.834. The highest BCUT2D eigenvalue weighted by Crippen LogP contribution is 2.48. The maximum Gasteiger partial charge on any atom is 0.313 e. The van der Waals surface area contributed by atoms with Crippen LogP contribution in [0.2, 0.25) is 0 Å². The van der Waals surface area contributed by atoms with Crippen molar-refractivity contribution in [2.24, 2.45) is 35.5 Å². The lowest BCUT2D eigenvalue weighted by molar-refractivity contribution is -0.147. The third-order valence-corrected chi connectivity index (χ3v) is 6.61. The van der Waals surface area contributed by atoms with E-state index in [2.05, 4.69) is 19.2 Å². The number of carboxylic acid groups (broad SMARTS) is 1. The van der Waals surface area contributed by atoms with E-state index in [0.717, 1.165) is 24.8 Å². The molecule has 1 fully saturated rings. The number of amides is 1. The molecule has 1 aromatic carbocycles. The second-order valence-corrected chi connectivity index (χ2v) is 10.5. The Kier molecular flexibility index (Phi) is 10.8. The predicted octanol–water partition coefficient (Wildman–Crippen LogP) is 4.76. The molecule has 1 saturated carbocycles. The molecule has 2 aliphatic carbocycles. The van der Waals surface area contributed by atoms with Crippen molar-refractivity contribution >= 4 is 17.8 Å². The first-order chi connectivity index (χ1) is 16.5. The van der Waals surface area contributed by atoms with Crippen molar-refractivity contribution in [2.75, 3.05) is 13.2 Å². The lowest BCUT2D eigenvalue weighted by Gasteiger charge is -2.23. The van der Waals surface area contributed by atoms with Crippen molar-refractivity contribution in [3.05, 3.63) is 42.0 Å². The molecule has 0 aromatic heterocycles. The van der Waals surface area contributed by atoms with Gasteiger partial charge in [0, 0.05) is 6.54 Å². The standard InChI is InChI=1S/C15H23NO3.C13H18O3/c1-9(2)4-3-7-16-14(17)12-10-5-6-11(8-10)13(12)15(18)19;1-9(2)8-16-13(15)10(3)11-4-6-12(14)7-5-11/h5-6,9-13H,3-4,7-8H2,1-2H3,(H,16,17)(H,18,19);4-7,9-10,14H,8H2,1-3H3. The average molecular weight is 488 g/mol. The summed E-state index contributed by atoms with van der Waals surface area (Å²) < 4.78 is 5.15. The van der Waals surface area contributed by atoms with Gasteiger partial charge in [0.2, 0.25) is 5.91 Å². The molecule has 3 rings (SSSR count). The quantitative estimate of drug-likeness (QED) is 0.249. The Morgan fingerprint density at radius 2 is 1.57 bits per heavy atom. The van der Waals surface area contributed by atoms with E-state index >= 15 is 0 Å². The van der Waals surface area contributed by atoms with Crippen molar-refractivity contribution in [2.45, 2.75) is 59.8 Å². The first-order valence-corrected chi connectivity index (χ1v) is 12.7. The van der Waals surface area contributed by atoms with Gasteiger partial charge in [-0.25, -0.2) is 0 Å². The Bertz CT molecular complexity index is 876. The van der Waals surface area contributed by atoms with Gasteiger partial charge in [0.1, 0.15) is 5.75 Å². The van der Waals surface area contributed by atoms with Gasteiger partial charge in [-0.05, 0) is 67.6 Å². The number of aliphatic carboxylic acids is 1. The normalized spacial score (nSPS) is 23.1. The van der Waals surface area contributed by atoms with Crippen molar-refractivity contribution in [3.63, 3.8) is 0 Å². The fourth-order valence-corrected chi connectivity index (χ4v) is 4.63. The monoisotopic (exact) mass is 487 g/mol. The predicted molar refractivity (Wildman–Crippen MR) is 135 cm³/mol. The number of carbonyl (C=O) groups is 3. The Morgan fingerprint density at radius 1 is 0.971 bits per heavy atom. The van der Waals surface area contributed by atoms with Gasteiger partial charge in [-0.15, -0.1) is 0 Å². The summed E-state index contributed by atoms with van der Waals surface area (Å²) in [6.45, 7) is 11.2. The molecular weight excluding hydrogens is 446 g/mol. The van der Waals surface area contributed by atoms with Crippen LogP contribution in [0.4, 0.5) is 0 Å². The first kappa shape index (κ1) is 28.4. The van der Waals surface area contributed by atoms with Gasteiger partial charge in [0.15, 0.2) is 0 Å². The van der Waals surface area contributed by atoms with Crippen molar-refractivity contribution < 1.29 is 29.3 Å². The van der Waals surface area contributed by atoms with E-state index in [1.54, 1.807) is 31.2 Å². The molecule has 7 heteroatoms. The van der Waals surface area contributed by atoms with Crippen LogP contribution in [0.15, 0.2) is 36.4 Å². The Hall–Kier alpha value is -2.83. The number of esters is 1. The zero-order valence-electron chi connectivity index (χ0n) is 21.6. The molecule has 5 unspecified atom stereocenters. The maximum absolute atomic E-state index is 12.2. The molecule has 1 aromatic rings. The molecule has 0 aliphatic heterocycles. The summed E-state index contributed by atoms with van der Waals surface area (Å²) in [7, 11) is 0. The smallest absolute Gasteiger partial charge is 0.313 e. The maximum atomic E-state index is 12.2. The first-order valence-electron chi connectivity index (χ1n) is 12.7. The van der Waals surface area contributed by atoms with E-state index < -0.39 is 11.9 Å². The molecule has 0 radical (unpaired) electrons. The number of fused-ring (bicyclic) bond motifs is 2. The fraction of sp³-hybridized carbons (Fsp3) is 0.607. The number of rotatable bonds is 10. The van der Waals surface area contributed by atoms with Gasteiger partial charge in [0.05, 0.1) is 24.4 Å². The summed E-state index contributed by atoms with van der Waals surface area (Å²) in [4.78, 5) is 35.1. The molecule has 2 aliphatic rings. The van der Waals surface area contributed by atoms with Gasteiger partial charge < -0.3 is 20.3 Å². The topological polar surface area (TPSA) is 113 Å². The second-order valence-electron chi connectivity index (χ2n) is 10.5. The van der Waals surface area contributed by atoms with Crippen molar-refractivity contribution in [1.29, 1.82) is 0 Å². The van der Waals surface area contributed by atoms with Crippen LogP contribution in [-0.2, 0) is 19.1 Å². The van der Waals surface area contributed by atoms with E-state index in [1.807, 2.05) is 26.0 Å². The number of carbonyl (C=O) groups excluding carboxylic acids is 2. The number of hydrogen-bond donors (Lipinski definition) is 3. The summed E-state index contributed by atoms with van der Waals surface area (Å²) in [5, 5.41) is 21.3. The third-order valence-electron chi connectivity index (χ3n) is 6.61. The summed E-state index contributed by atoms with van der Waals surface area (Å²) in [6, 6.07) is 6.61. The largest absolute Gasteiger partial charge is 0.508 e. The minimum absolute atomic E-state index is 0.0499. The summed E-state index contributed by atoms with van der Waals surface area (Å²) in [6.07, 6.45) is 6.84. The highest BCUT2D eigenvalue weighted by atomic mass is 16.5. The van der Waals surface area contributed by atoms with Crippen LogP contribution in [0.25, 0.3) is 0 Å². The van der Waals surface area contributed by atoms with E-state index in [1.165, 1.54) is 0 Å². The lowest BCUT2D eigenvalue weighted by Crippen LogP contribution is -2.40. The summed E-state index contributed by atoms with van der Waals surface area (Å²) in [5.74, 6) is -0.973. The average Bonchev–Trinajstić information content (AvgIpc) is 3.42. The van der Waals surface area contributed by atoms with Crippen LogP contribution in [0.5, 0.6) is 5.75 Å². The molecule has 7 nitrogen and oxygen atoms in total. The number of ether oxygens (including phenoxy) is 1. The van der Waals surface area contributed by atoms with Crippen LogP contribution in [-0.4, -0.2) is 41.2 Å². The van der Waals surface area contributed by atoms with Crippen molar-refractivity contribution in [3.8, 4) is 5.75 Å². The van der Waals surface area contributed by atoms with Gasteiger partial charge in [0.25, 0.3) is 0 Å². The van der Waals surface area contributed by atoms with Gasteiger partial charge in [-0.2, -0.15) is 0 Å². The van der Waals surface area contributed by atoms with Crippen LogP contribution in [0.3, 0.4) is 0 Å². The zero-order valence-corrected chi connectivity index (χ0v) is 21.6. The Labute approximate surface area is 209 Å². The summed E-state index contributed by atoms with van der Waals surface area (Å²) in [5.41, 5.74) is 0.853. The number of benzene rings is 1. The molecule has 5 atom stereocenters. The number of nitrogens with one attached hydrogen (secondary N) is 1. The summed E-state index contributed by atoms with van der Waals surface area (Å²) >= 11 is 0. The van der Waals surface area contributed by atoms with Gasteiger partial charge in [-0.3, -0.25) is 14.4 Å². The van der Waals surface area contributed by atoms with E-state index in [-0.39, 0.29) is 41.3 Å². The number of allylic oxidation sites excluding steroid dienone is 2. The number of phenolic OH excluding ortho intramolecular Hbond substituents is 1. The Balaban J connectivity index is 0.000000251. The molecule has 0 heterocycles. The SMILES string of the molecule is CC(C)CCCNC(=O)C1C2C=CC(C2)C1C(=O)O.CC(C)COC(=O)C(C)c1ccc(O)cc1. The number of phenols is 1. The van der Waals surface area contributed by atoms with Crippen LogP contribution in [0, 0.1) is 35.5 Å². The van der Waals surface area contributed by atoms with Gasteiger partial charge in [-0.1, -0.05) is 52.0 Å². The van der Waals surface area contributed by atoms with E-state index in [0.29, 0.717) is 25.0 Å². The van der Waals surface area contributed by atoms with Crippen LogP contribution >= 0.6 is 0 Å². The molecule has 194 valence electrons. The number of carboxylic acids is 1. The van der Waals surface area contributed by atoms with Crippen LogP contribution in [0.1, 0.15) is 65.4 Å². The molecular formula is C28H41NO6. The van der Waals surface area contributed by atoms with Gasteiger partial charge >= 0.3 is 11.9 Å². The molecule has 2 bridgehead atoms. The fourth-order valence-electron chi connectivity index (χ4n) is 4.63.